The summed E-state index contributed by atoms with van der Waals surface area (Å²) >= 11 is 8.18. The van der Waals surface area contributed by atoms with E-state index in [9.17, 15) is 9.18 Å². The highest BCUT2D eigenvalue weighted by Crippen LogP contribution is 2.24. The maximum atomic E-state index is 13.7. The lowest BCUT2D eigenvalue weighted by Gasteiger charge is -2.31. The molecule has 2 N–H and O–H groups in total. The molecule has 0 saturated carbocycles. The quantitative estimate of drug-likeness (QED) is 0.839. The van der Waals surface area contributed by atoms with Crippen LogP contribution < -0.4 is 5.73 Å². The number of piperidine rings is 1. The normalized spacial score (nSPS) is 16.4. The highest BCUT2D eigenvalue weighted by molar-refractivity contribution is 9.10. The first-order chi connectivity index (χ1) is 9.00. The number of amides is 1. The van der Waals surface area contributed by atoms with E-state index in [0.717, 1.165) is 12.8 Å². The maximum absolute atomic E-state index is 13.7. The van der Waals surface area contributed by atoms with E-state index in [0.29, 0.717) is 22.6 Å². The van der Waals surface area contributed by atoms with Gasteiger partial charge in [-0.15, -0.1) is 0 Å². The van der Waals surface area contributed by atoms with Crippen LogP contribution in [0.5, 0.6) is 0 Å². The van der Waals surface area contributed by atoms with E-state index in [1.165, 1.54) is 6.07 Å². The monoisotopic (exact) mass is 344 g/mol. The highest BCUT2D eigenvalue weighted by atomic mass is 79.9. The van der Waals surface area contributed by atoms with Gasteiger partial charge in [0.15, 0.2) is 0 Å². The molecule has 2 rings (SSSR count). The number of nitrogens with zero attached hydrogens (tertiary/aromatic N) is 1. The summed E-state index contributed by atoms with van der Waals surface area (Å²) in [6.07, 6.45) is 1.49. The maximum Gasteiger partial charge on any atom is 0.257 e. The molecule has 6 heteroatoms. The second-order valence-electron chi connectivity index (χ2n) is 4.57. The fourth-order valence-electron chi connectivity index (χ4n) is 2.23. The van der Waals surface area contributed by atoms with E-state index in [2.05, 4.69) is 15.9 Å². The Balaban J connectivity index is 2.12. The largest absolute Gasteiger partial charge is 0.393 e. The van der Waals surface area contributed by atoms with Gasteiger partial charge in [0, 0.05) is 23.5 Å². The Labute approximate surface area is 125 Å². The Hall–Kier alpha value is -1.01. The lowest BCUT2D eigenvalue weighted by molar-refractivity contribution is 0.0704. The number of likely N-dealkylation sites (tertiary alicyclic amines) is 1. The van der Waals surface area contributed by atoms with Crippen molar-refractivity contribution < 1.29 is 9.18 Å². The SMILES string of the molecule is NC(=S)C1CCN(C(=O)c2c(F)cccc2Br)CC1. The molecular weight excluding hydrogens is 331 g/mol. The van der Waals surface area contributed by atoms with Crippen molar-refractivity contribution in [2.45, 2.75) is 12.8 Å². The molecule has 102 valence electrons. The van der Waals surface area contributed by atoms with Gasteiger partial charge >= 0.3 is 0 Å². The van der Waals surface area contributed by atoms with Gasteiger partial charge in [-0.25, -0.2) is 4.39 Å². The third-order valence-electron chi connectivity index (χ3n) is 3.36. The van der Waals surface area contributed by atoms with E-state index in [-0.39, 0.29) is 17.4 Å². The summed E-state index contributed by atoms with van der Waals surface area (Å²) in [6, 6.07) is 4.52. The Bertz CT molecular complexity index is 495. The van der Waals surface area contributed by atoms with Crippen molar-refractivity contribution >= 4 is 39.0 Å². The first-order valence-corrected chi connectivity index (χ1v) is 7.23. The predicted octanol–water partition coefficient (Wildman–Crippen LogP) is 2.73. The summed E-state index contributed by atoms with van der Waals surface area (Å²) in [5, 5.41) is 0. The van der Waals surface area contributed by atoms with E-state index in [1.54, 1.807) is 17.0 Å². The number of nitrogens with two attached hydrogens (primary N) is 1. The van der Waals surface area contributed by atoms with Crippen LogP contribution in [-0.4, -0.2) is 28.9 Å². The van der Waals surface area contributed by atoms with Crippen LogP contribution in [0.15, 0.2) is 22.7 Å². The van der Waals surface area contributed by atoms with Crippen molar-refractivity contribution in [3.05, 3.63) is 34.1 Å². The lowest BCUT2D eigenvalue weighted by Crippen LogP contribution is -2.41. The summed E-state index contributed by atoms with van der Waals surface area (Å²) in [7, 11) is 0. The van der Waals surface area contributed by atoms with Gasteiger partial charge in [-0.05, 0) is 40.9 Å². The Morgan fingerprint density at radius 3 is 2.58 bits per heavy atom. The zero-order valence-corrected chi connectivity index (χ0v) is 12.6. The lowest BCUT2D eigenvalue weighted by atomic mass is 9.96. The molecule has 0 radical (unpaired) electrons. The first-order valence-electron chi connectivity index (χ1n) is 6.03. The molecular formula is C13H14BrFN2OS. The number of rotatable bonds is 2. The average molecular weight is 345 g/mol. The third kappa shape index (κ3) is 3.12. The molecule has 0 atom stereocenters. The van der Waals surface area contributed by atoms with Crippen LogP contribution in [0.1, 0.15) is 23.2 Å². The van der Waals surface area contributed by atoms with Crippen molar-refractivity contribution in [2.75, 3.05) is 13.1 Å². The number of hydrogen-bond acceptors (Lipinski definition) is 2. The summed E-state index contributed by atoms with van der Waals surface area (Å²) in [6.45, 7) is 1.11. The van der Waals surface area contributed by atoms with Gasteiger partial charge in [0.05, 0.1) is 10.6 Å². The number of hydrogen-bond donors (Lipinski definition) is 1. The highest BCUT2D eigenvalue weighted by Gasteiger charge is 2.27. The Morgan fingerprint density at radius 1 is 1.42 bits per heavy atom. The molecule has 1 amide bonds. The molecule has 1 aliphatic heterocycles. The van der Waals surface area contributed by atoms with Gasteiger partial charge in [-0.3, -0.25) is 4.79 Å². The van der Waals surface area contributed by atoms with Gasteiger partial charge in [0.1, 0.15) is 5.82 Å². The minimum absolute atomic E-state index is 0.0938. The van der Waals surface area contributed by atoms with Crippen LogP contribution in [0.3, 0.4) is 0 Å². The van der Waals surface area contributed by atoms with Crippen molar-refractivity contribution in [2.24, 2.45) is 11.7 Å². The summed E-state index contributed by atoms with van der Waals surface area (Å²) in [5.74, 6) is -0.606. The molecule has 1 aromatic carbocycles. The van der Waals surface area contributed by atoms with Gasteiger partial charge in [0.25, 0.3) is 5.91 Å². The Morgan fingerprint density at radius 2 is 2.05 bits per heavy atom. The van der Waals surface area contributed by atoms with Crippen molar-refractivity contribution in [3.8, 4) is 0 Å². The zero-order chi connectivity index (χ0) is 14.0. The van der Waals surface area contributed by atoms with E-state index in [4.69, 9.17) is 18.0 Å². The van der Waals surface area contributed by atoms with Crippen LogP contribution in [-0.2, 0) is 0 Å². The first kappa shape index (κ1) is 14.4. The molecule has 1 aliphatic rings. The number of benzene rings is 1. The van der Waals surface area contributed by atoms with Crippen LogP contribution in [0.4, 0.5) is 4.39 Å². The summed E-state index contributed by atoms with van der Waals surface area (Å²) in [5.41, 5.74) is 5.70. The number of thiocarbonyl (C=S) groups is 1. The van der Waals surface area contributed by atoms with Crippen molar-refractivity contribution in [3.63, 3.8) is 0 Å². The minimum Gasteiger partial charge on any atom is -0.393 e. The zero-order valence-electron chi connectivity index (χ0n) is 10.2. The topological polar surface area (TPSA) is 46.3 Å². The molecule has 1 heterocycles. The standard InChI is InChI=1S/C13H14BrFN2OS/c14-9-2-1-3-10(15)11(9)13(18)17-6-4-8(5-7-17)12(16)19/h1-3,8H,4-7H2,(H2,16,19). The molecule has 0 spiro atoms. The van der Waals surface area contributed by atoms with Crippen LogP contribution in [0, 0.1) is 11.7 Å². The fraction of sp³-hybridized carbons (Fsp3) is 0.385. The van der Waals surface area contributed by atoms with Crippen LogP contribution in [0.25, 0.3) is 0 Å². The van der Waals surface area contributed by atoms with Gasteiger partial charge in [-0.1, -0.05) is 18.3 Å². The predicted molar refractivity (Wildman–Crippen MR) is 79.5 cm³/mol. The van der Waals surface area contributed by atoms with E-state index in [1.807, 2.05) is 0 Å². The molecule has 0 bridgehead atoms. The van der Waals surface area contributed by atoms with Gasteiger partial charge in [-0.2, -0.15) is 0 Å². The average Bonchev–Trinajstić information content (AvgIpc) is 2.38. The molecule has 1 fully saturated rings. The molecule has 0 unspecified atom stereocenters. The minimum atomic E-state index is -0.504. The number of halogens is 2. The molecule has 0 aliphatic carbocycles. The molecule has 0 aromatic heterocycles. The van der Waals surface area contributed by atoms with Gasteiger partial charge < -0.3 is 10.6 Å². The van der Waals surface area contributed by atoms with Crippen molar-refractivity contribution in [1.29, 1.82) is 0 Å². The van der Waals surface area contributed by atoms with E-state index < -0.39 is 5.82 Å². The second-order valence-corrected chi connectivity index (χ2v) is 5.89. The molecule has 1 aromatic rings. The molecule has 19 heavy (non-hydrogen) atoms. The Kier molecular flexibility index (Phi) is 4.52. The molecule has 1 saturated heterocycles. The smallest absolute Gasteiger partial charge is 0.257 e. The number of carbonyl (C=O) groups is 1. The van der Waals surface area contributed by atoms with Crippen LogP contribution >= 0.6 is 28.1 Å². The summed E-state index contributed by atoms with van der Waals surface area (Å²) in [4.78, 5) is 14.5. The summed E-state index contributed by atoms with van der Waals surface area (Å²) < 4.78 is 14.2. The van der Waals surface area contributed by atoms with Crippen LogP contribution in [0.2, 0.25) is 0 Å². The van der Waals surface area contributed by atoms with Gasteiger partial charge in [0.2, 0.25) is 0 Å². The number of carbonyl (C=O) groups excluding carboxylic acids is 1. The van der Waals surface area contributed by atoms with E-state index >= 15 is 0 Å². The third-order valence-corrected chi connectivity index (χ3v) is 4.36. The molecule has 3 nitrogen and oxygen atoms in total. The van der Waals surface area contributed by atoms with Crippen molar-refractivity contribution in [1.82, 2.24) is 4.90 Å². The second kappa shape index (κ2) is 5.96. The fourth-order valence-corrected chi connectivity index (χ4v) is 2.97.